The number of aromatic nitrogens is 1. The Labute approximate surface area is 145 Å². The second-order valence-corrected chi connectivity index (χ2v) is 7.20. The molecule has 0 atom stereocenters. The number of nitrogens with zero attached hydrogens (tertiary/aromatic N) is 1. The minimum atomic E-state index is 0.0752. The zero-order chi connectivity index (χ0) is 16.2. The Kier molecular flexibility index (Phi) is 5.38. The number of aliphatic hydroxyl groups is 1. The van der Waals surface area contributed by atoms with Crippen molar-refractivity contribution < 1.29 is 9.90 Å². The molecular weight excluding hydrogens is 356 g/mol. The minimum Gasteiger partial charge on any atom is -0.395 e. The molecule has 5 heteroatoms. The number of hydrogen-bond donors (Lipinski definition) is 2. The van der Waals surface area contributed by atoms with Crippen molar-refractivity contribution in [2.45, 2.75) is 45.1 Å². The van der Waals surface area contributed by atoms with Crippen molar-refractivity contribution in [3.8, 4) is 0 Å². The van der Waals surface area contributed by atoms with Gasteiger partial charge in [-0.15, -0.1) is 0 Å². The van der Waals surface area contributed by atoms with E-state index in [1.807, 2.05) is 29.0 Å². The molecule has 1 heterocycles. The van der Waals surface area contributed by atoms with Crippen LogP contribution in [0, 0.1) is 5.92 Å². The van der Waals surface area contributed by atoms with Gasteiger partial charge in [0.15, 0.2) is 0 Å². The molecule has 1 aromatic carbocycles. The van der Waals surface area contributed by atoms with E-state index in [4.69, 9.17) is 0 Å². The van der Waals surface area contributed by atoms with Gasteiger partial charge in [0.05, 0.1) is 17.8 Å². The first-order chi connectivity index (χ1) is 11.2. The van der Waals surface area contributed by atoms with Crippen LogP contribution < -0.4 is 5.32 Å². The fourth-order valence-electron chi connectivity index (χ4n) is 3.55. The van der Waals surface area contributed by atoms with Gasteiger partial charge in [-0.1, -0.05) is 41.3 Å². The molecule has 2 N–H and O–H groups in total. The van der Waals surface area contributed by atoms with Gasteiger partial charge in [0.1, 0.15) is 0 Å². The molecule has 0 radical (unpaired) electrons. The first kappa shape index (κ1) is 16.5. The van der Waals surface area contributed by atoms with Crippen LogP contribution >= 0.6 is 15.9 Å². The van der Waals surface area contributed by atoms with Gasteiger partial charge >= 0.3 is 0 Å². The molecule has 2 aromatic rings. The van der Waals surface area contributed by atoms with Gasteiger partial charge in [-0.2, -0.15) is 0 Å². The summed E-state index contributed by atoms with van der Waals surface area (Å²) in [5.41, 5.74) is 1.84. The van der Waals surface area contributed by atoms with Gasteiger partial charge in [0, 0.05) is 29.0 Å². The molecule has 124 valence electrons. The number of carbonyl (C=O) groups is 1. The Bertz CT molecular complexity index is 690. The molecule has 1 saturated carbocycles. The smallest absolute Gasteiger partial charge is 0.224 e. The van der Waals surface area contributed by atoms with Crippen LogP contribution in [0.3, 0.4) is 0 Å². The van der Waals surface area contributed by atoms with E-state index in [9.17, 15) is 9.90 Å². The van der Waals surface area contributed by atoms with Gasteiger partial charge in [-0.3, -0.25) is 4.79 Å². The number of benzene rings is 1. The molecule has 0 spiro atoms. The highest BCUT2D eigenvalue weighted by Gasteiger charge is 2.19. The predicted octanol–water partition coefficient (Wildman–Crippen LogP) is 4.31. The summed E-state index contributed by atoms with van der Waals surface area (Å²) in [6.45, 7) is 0.594. The fraction of sp³-hybridized carbons (Fsp3) is 0.500. The maximum atomic E-state index is 12.4. The normalized spacial score (nSPS) is 15.9. The van der Waals surface area contributed by atoms with E-state index in [0.29, 0.717) is 18.9 Å². The summed E-state index contributed by atoms with van der Waals surface area (Å²) in [6.07, 6.45) is 8.67. The zero-order valence-corrected chi connectivity index (χ0v) is 14.8. The molecule has 3 rings (SSSR count). The first-order valence-corrected chi connectivity index (χ1v) is 9.16. The molecule has 0 aliphatic heterocycles. The molecule has 1 aromatic heterocycles. The van der Waals surface area contributed by atoms with Crippen LogP contribution in [0.15, 0.2) is 28.9 Å². The van der Waals surface area contributed by atoms with E-state index in [0.717, 1.165) is 21.1 Å². The monoisotopic (exact) mass is 378 g/mol. The molecule has 1 fully saturated rings. The average Bonchev–Trinajstić information content (AvgIpc) is 2.88. The van der Waals surface area contributed by atoms with Crippen molar-refractivity contribution in [3.63, 3.8) is 0 Å². The third-order valence-corrected chi connectivity index (χ3v) is 5.33. The predicted molar refractivity (Wildman–Crippen MR) is 96.5 cm³/mol. The third kappa shape index (κ3) is 3.78. The number of fused-ring (bicyclic) bond motifs is 1. The summed E-state index contributed by atoms with van der Waals surface area (Å²) in [4.78, 5) is 12.4. The van der Waals surface area contributed by atoms with Crippen LogP contribution in [0.5, 0.6) is 0 Å². The number of aliphatic hydroxyl groups excluding tert-OH is 1. The zero-order valence-electron chi connectivity index (χ0n) is 13.2. The fourth-order valence-corrected chi connectivity index (χ4v) is 4.12. The largest absolute Gasteiger partial charge is 0.395 e. The molecule has 0 bridgehead atoms. The van der Waals surface area contributed by atoms with Gasteiger partial charge in [0.2, 0.25) is 5.91 Å². The molecule has 1 aliphatic rings. The van der Waals surface area contributed by atoms with E-state index in [2.05, 4.69) is 21.2 Å². The number of nitrogens with one attached hydrogen (secondary N) is 1. The van der Waals surface area contributed by atoms with Gasteiger partial charge in [-0.25, -0.2) is 0 Å². The summed E-state index contributed by atoms with van der Waals surface area (Å²) in [7, 11) is 0. The Morgan fingerprint density at radius 2 is 2.09 bits per heavy atom. The van der Waals surface area contributed by atoms with Gasteiger partial charge < -0.3 is 15.0 Å². The maximum absolute atomic E-state index is 12.4. The molecule has 0 unspecified atom stereocenters. The Balaban J connectivity index is 1.80. The van der Waals surface area contributed by atoms with E-state index < -0.39 is 0 Å². The SMILES string of the molecule is O=C(CC1CCCCC1)Nc1cn(CCO)c2cccc(Br)c12. The highest BCUT2D eigenvalue weighted by molar-refractivity contribution is 9.10. The third-order valence-electron chi connectivity index (χ3n) is 4.67. The molecular formula is C18H23BrN2O2. The number of carbonyl (C=O) groups excluding carboxylic acids is 1. The lowest BCUT2D eigenvalue weighted by Gasteiger charge is -2.20. The van der Waals surface area contributed by atoms with Crippen LogP contribution in [-0.4, -0.2) is 22.2 Å². The first-order valence-electron chi connectivity index (χ1n) is 8.37. The van der Waals surface area contributed by atoms with Crippen LogP contribution in [0.1, 0.15) is 38.5 Å². The number of hydrogen-bond acceptors (Lipinski definition) is 2. The van der Waals surface area contributed by atoms with Crippen LogP contribution in [-0.2, 0) is 11.3 Å². The quantitative estimate of drug-likeness (QED) is 0.814. The lowest BCUT2D eigenvalue weighted by atomic mass is 9.87. The number of anilines is 1. The van der Waals surface area contributed by atoms with Crippen molar-refractivity contribution >= 4 is 38.4 Å². The van der Waals surface area contributed by atoms with Crippen LogP contribution in [0.4, 0.5) is 5.69 Å². The minimum absolute atomic E-state index is 0.0752. The van der Waals surface area contributed by atoms with Crippen molar-refractivity contribution in [3.05, 3.63) is 28.9 Å². The summed E-state index contributed by atoms with van der Waals surface area (Å²) in [5.74, 6) is 0.619. The van der Waals surface area contributed by atoms with E-state index >= 15 is 0 Å². The lowest BCUT2D eigenvalue weighted by Crippen LogP contribution is -2.18. The maximum Gasteiger partial charge on any atom is 0.224 e. The number of halogens is 1. The Hall–Kier alpha value is -1.33. The molecule has 4 nitrogen and oxygen atoms in total. The molecule has 1 aliphatic carbocycles. The molecule has 0 saturated heterocycles. The van der Waals surface area contributed by atoms with Gasteiger partial charge in [0.25, 0.3) is 0 Å². The summed E-state index contributed by atoms with van der Waals surface area (Å²) in [5, 5.41) is 13.3. The highest BCUT2D eigenvalue weighted by atomic mass is 79.9. The van der Waals surface area contributed by atoms with Crippen molar-refractivity contribution in [2.75, 3.05) is 11.9 Å². The molecule has 23 heavy (non-hydrogen) atoms. The van der Waals surface area contributed by atoms with Crippen molar-refractivity contribution in [1.82, 2.24) is 4.57 Å². The summed E-state index contributed by atoms with van der Waals surface area (Å²) >= 11 is 3.57. The second kappa shape index (κ2) is 7.49. The van der Waals surface area contributed by atoms with Gasteiger partial charge in [-0.05, 0) is 30.9 Å². The average molecular weight is 379 g/mol. The van der Waals surface area contributed by atoms with E-state index in [1.54, 1.807) is 0 Å². The summed E-state index contributed by atoms with van der Waals surface area (Å²) < 4.78 is 2.94. The number of rotatable bonds is 5. The molecule has 1 amide bonds. The Morgan fingerprint density at radius 1 is 1.30 bits per heavy atom. The Morgan fingerprint density at radius 3 is 2.83 bits per heavy atom. The standard InChI is InChI=1S/C18H23BrN2O2/c19-14-7-4-8-16-18(14)15(12-21(16)9-10-22)20-17(23)11-13-5-2-1-3-6-13/h4,7-8,12-13,22H,1-3,5-6,9-11H2,(H,20,23). The summed E-state index contributed by atoms with van der Waals surface area (Å²) in [6, 6.07) is 5.95. The van der Waals surface area contributed by atoms with Crippen molar-refractivity contribution in [2.24, 2.45) is 5.92 Å². The highest BCUT2D eigenvalue weighted by Crippen LogP contribution is 2.33. The second-order valence-electron chi connectivity index (χ2n) is 6.35. The number of amides is 1. The topological polar surface area (TPSA) is 54.3 Å². The van der Waals surface area contributed by atoms with Crippen LogP contribution in [0.2, 0.25) is 0 Å². The van der Waals surface area contributed by atoms with Crippen LogP contribution in [0.25, 0.3) is 10.9 Å². The van der Waals surface area contributed by atoms with E-state index in [1.165, 1.54) is 32.1 Å². The lowest BCUT2D eigenvalue weighted by molar-refractivity contribution is -0.117. The van der Waals surface area contributed by atoms with Crippen molar-refractivity contribution in [1.29, 1.82) is 0 Å². The van der Waals surface area contributed by atoms with E-state index in [-0.39, 0.29) is 12.5 Å².